The molecular formula is C48H46N4O. The SMILES string of the molecule is Cc1cc(C)c(-c2cc(Oc3ccc4c5ccccc5n(-c5cc(C(C)(C)C)ccn5)c4c3)cc(-n3[c-][n+](-c4c(C)cc(C)cc4C)cc3)c2)c(C)c1. The van der Waals surface area contributed by atoms with Gasteiger partial charge in [-0.05, 0) is 134 Å². The predicted molar refractivity (Wildman–Crippen MR) is 217 cm³/mol. The van der Waals surface area contributed by atoms with Crippen LogP contribution in [0.15, 0.2) is 116 Å². The van der Waals surface area contributed by atoms with Gasteiger partial charge in [0.2, 0.25) is 0 Å². The summed E-state index contributed by atoms with van der Waals surface area (Å²) in [6.45, 7) is 19.7. The van der Waals surface area contributed by atoms with Crippen LogP contribution in [0.5, 0.6) is 11.5 Å². The Bertz CT molecular complexity index is 2660. The molecule has 0 saturated heterocycles. The number of para-hydroxylation sites is 1. The Morgan fingerprint density at radius 1 is 0.660 bits per heavy atom. The fourth-order valence-corrected chi connectivity index (χ4v) is 8.10. The highest BCUT2D eigenvalue weighted by molar-refractivity contribution is 6.09. The van der Waals surface area contributed by atoms with E-state index in [-0.39, 0.29) is 5.41 Å². The average molecular weight is 695 g/mol. The standard InChI is InChI=1S/C48H46N4O/c1-30-20-32(3)46(33(4)21-30)36-24-38(50-18-19-51(29-50)47-34(5)22-31(2)23-35(47)6)27-40(25-36)53-39-14-15-42-41-12-10-11-13-43(41)52(44(42)28-39)45-26-37(16-17-49-45)48(7,8)9/h10-28H,1-9H3. The second kappa shape index (κ2) is 12.9. The lowest BCUT2D eigenvalue weighted by Crippen LogP contribution is -2.30. The second-order valence-electron chi connectivity index (χ2n) is 15.7. The Balaban J connectivity index is 1.27. The zero-order valence-electron chi connectivity index (χ0n) is 32.2. The van der Waals surface area contributed by atoms with Crippen molar-refractivity contribution in [1.82, 2.24) is 14.1 Å². The Kier molecular flexibility index (Phi) is 8.33. The first-order chi connectivity index (χ1) is 25.3. The van der Waals surface area contributed by atoms with E-state index in [4.69, 9.17) is 9.72 Å². The molecule has 53 heavy (non-hydrogen) atoms. The molecule has 0 saturated carbocycles. The van der Waals surface area contributed by atoms with Crippen LogP contribution >= 0.6 is 0 Å². The number of benzene rings is 5. The highest BCUT2D eigenvalue weighted by Gasteiger charge is 2.19. The topological polar surface area (TPSA) is 35.9 Å². The highest BCUT2D eigenvalue weighted by atomic mass is 16.5. The number of pyridine rings is 1. The van der Waals surface area contributed by atoms with Gasteiger partial charge in [0, 0.05) is 35.4 Å². The molecule has 8 aromatic rings. The van der Waals surface area contributed by atoms with E-state index in [1.165, 1.54) is 49.9 Å². The average Bonchev–Trinajstić information content (AvgIpc) is 3.70. The van der Waals surface area contributed by atoms with Crippen LogP contribution < -0.4 is 9.30 Å². The van der Waals surface area contributed by atoms with Crippen molar-refractivity contribution in [2.45, 2.75) is 67.7 Å². The molecule has 8 rings (SSSR count). The normalized spacial score (nSPS) is 11.9. The smallest absolute Gasteiger partial charge is 0.268 e. The van der Waals surface area contributed by atoms with Gasteiger partial charge in [-0.1, -0.05) is 74.4 Å². The van der Waals surface area contributed by atoms with E-state index < -0.39 is 0 Å². The van der Waals surface area contributed by atoms with Gasteiger partial charge in [-0.25, -0.2) is 4.98 Å². The summed E-state index contributed by atoms with van der Waals surface area (Å²) in [6, 6.07) is 34.7. The first kappa shape index (κ1) is 34.2. The third-order valence-corrected chi connectivity index (χ3v) is 10.3. The number of ether oxygens (including phenoxy) is 1. The van der Waals surface area contributed by atoms with Gasteiger partial charge < -0.3 is 4.74 Å². The molecule has 264 valence electrons. The maximum absolute atomic E-state index is 6.85. The monoisotopic (exact) mass is 694 g/mol. The van der Waals surface area contributed by atoms with Gasteiger partial charge >= 0.3 is 0 Å². The number of imidazole rings is 1. The molecule has 0 fully saturated rings. The van der Waals surface area contributed by atoms with E-state index in [1.54, 1.807) is 0 Å². The lowest BCUT2D eigenvalue weighted by molar-refractivity contribution is -0.600. The Morgan fingerprint density at radius 3 is 2.06 bits per heavy atom. The summed E-state index contributed by atoms with van der Waals surface area (Å²) in [4.78, 5) is 4.88. The van der Waals surface area contributed by atoms with Crippen molar-refractivity contribution in [3.8, 4) is 39.8 Å². The van der Waals surface area contributed by atoms with Crippen molar-refractivity contribution in [3.05, 3.63) is 161 Å². The minimum Gasteiger partial charge on any atom is -0.458 e. The van der Waals surface area contributed by atoms with Crippen LogP contribution in [-0.4, -0.2) is 14.1 Å². The number of hydrogen-bond donors (Lipinski definition) is 0. The fourth-order valence-electron chi connectivity index (χ4n) is 8.10. The van der Waals surface area contributed by atoms with Gasteiger partial charge in [0.15, 0.2) is 0 Å². The van der Waals surface area contributed by atoms with Crippen LogP contribution in [0.4, 0.5) is 0 Å². The van der Waals surface area contributed by atoms with Crippen LogP contribution in [0.2, 0.25) is 0 Å². The summed E-state index contributed by atoms with van der Waals surface area (Å²) in [5.74, 6) is 2.40. The minimum absolute atomic E-state index is 0.00415. The number of rotatable bonds is 6. The lowest BCUT2D eigenvalue weighted by atomic mass is 9.88. The molecule has 5 aromatic carbocycles. The van der Waals surface area contributed by atoms with Crippen LogP contribution in [0.3, 0.4) is 0 Å². The molecule has 5 nitrogen and oxygen atoms in total. The van der Waals surface area contributed by atoms with Gasteiger partial charge in [0.05, 0.1) is 22.4 Å². The molecule has 0 aliphatic heterocycles. The van der Waals surface area contributed by atoms with Crippen molar-refractivity contribution in [3.63, 3.8) is 0 Å². The number of hydrogen-bond acceptors (Lipinski definition) is 2. The van der Waals surface area contributed by atoms with E-state index in [1.807, 2.05) is 6.20 Å². The van der Waals surface area contributed by atoms with E-state index in [2.05, 4.69) is 192 Å². The Labute approximate surface area is 312 Å². The molecule has 0 spiro atoms. The van der Waals surface area contributed by atoms with Gasteiger partial charge in [-0.3, -0.25) is 13.7 Å². The van der Waals surface area contributed by atoms with E-state index in [0.29, 0.717) is 0 Å². The van der Waals surface area contributed by atoms with E-state index in [0.717, 1.165) is 50.7 Å². The van der Waals surface area contributed by atoms with Crippen LogP contribution in [0.1, 0.15) is 59.7 Å². The molecule has 0 unspecified atom stereocenters. The second-order valence-corrected chi connectivity index (χ2v) is 15.7. The lowest BCUT2D eigenvalue weighted by Gasteiger charge is -2.20. The minimum atomic E-state index is -0.00415. The summed E-state index contributed by atoms with van der Waals surface area (Å²) in [5.41, 5.74) is 15.3. The molecule has 0 aliphatic rings. The summed E-state index contributed by atoms with van der Waals surface area (Å²) in [5, 5.41) is 2.34. The molecule has 0 bridgehead atoms. The largest absolute Gasteiger partial charge is 0.458 e. The predicted octanol–water partition coefficient (Wildman–Crippen LogP) is 11.7. The van der Waals surface area contributed by atoms with Gasteiger partial charge in [0.1, 0.15) is 17.3 Å². The van der Waals surface area contributed by atoms with E-state index >= 15 is 0 Å². The number of nitrogens with zero attached hydrogens (tertiary/aromatic N) is 4. The zero-order chi connectivity index (χ0) is 37.2. The van der Waals surface area contributed by atoms with Crippen molar-refractivity contribution < 1.29 is 9.30 Å². The molecule has 0 aliphatic carbocycles. The molecule has 3 heterocycles. The Hall–Kier alpha value is -5.94. The van der Waals surface area contributed by atoms with Crippen molar-refractivity contribution in [1.29, 1.82) is 0 Å². The molecule has 0 radical (unpaired) electrons. The zero-order valence-corrected chi connectivity index (χ0v) is 32.2. The first-order valence-electron chi connectivity index (χ1n) is 18.4. The van der Waals surface area contributed by atoms with Gasteiger partial charge in [-0.2, -0.15) is 0 Å². The van der Waals surface area contributed by atoms with Gasteiger partial charge in [0.25, 0.3) is 6.33 Å². The summed E-state index contributed by atoms with van der Waals surface area (Å²) in [7, 11) is 0. The molecular weight excluding hydrogens is 649 g/mol. The number of aryl methyl sites for hydroxylation is 6. The molecule has 5 heteroatoms. The maximum atomic E-state index is 6.85. The third kappa shape index (κ3) is 6.31. The van der Waals surface area contributed by atoms with Gasteiger partial charge in [-0.15, -0.1) is 0 Å². The van der Waals surface area contributed by atoms with Crippen molar-refractivity contribution >= 4 is 21.8 Å². The summed E-state index contributed by atoms with van der Waals surface area (Å²) >= 11 is 0. The molecule has 0 atom stereocenters. The van der Waals surface area contributed by atoms with Crippen LogP contribution in [0, 0.1) is 47.9 Å². The first-order valence-corrected chi connectivity index (χ1v) is 18.4. The quantitative estimate of drug-likeness (QED) is 0.128. The van der Waals surface area contributed by atoms with Crippen molar-refractivity contribution in [2.24, 2.45) is 0 Å². The maximum Gasteiger partial charge on any atom is 0.268 e. The molecule has 0 amide bonds. The van der Waals surface area contributed by atoms with E-state index in [9.17, 15) is 0 Å². The third-order valence-electron chi connectivity index (χ3n) is 10.3. The van der Waals surface area contributed by atoms with Crippen molar-refractivity contribution in [2.75, 3.05) is 0 Å². The summed E-state index contributed by atoms with van der Waals surface area (Å²) < 4.78 is 13.3. The Morgan fingerprint density at radius 2 is 1.34 bits per heavy atom. The van der Waals surface area contributed by atoms with Crippen LogP contribution in [0.25, 0.3) is 50.1 Å². The molecule has 3 aromatic heterocycles. The van der Waals surface area contributed by atoms with Crippen LogP contribution in [-0.2, 0) is 5.41 Å². The molecule has 0 N–H and O–H groups in total. The number of aromatic nitrogens is 4. The summed E-state index contributed by atoms with van der Waals surface area (Å²) in [6.07, 6.45) is 9.67. The highest BCUT2D eigenvalue weighted by Crippen LogP contribution is 2.38. The number of fused-ring (bicyclic) bond motifs is 3. The fraction of sp³-hybridized carbons (Fsp3) is 0.208.